The average Bonchev–Trinajstić information content (AvgIpc) is 2.03. The molecule has 0 spiro atoms. The molecule has 0 N–H and O–H groups in total. The molecule has 3 nitrogen and oxygen atoms in total. The van der Waals surface area contributed by atoms with Crippen molar-refractivity contribution in [1.82, 2.24) is 9.97 Å². The second-order valence-electron chi connectivity index (χ2n) is 1.67. The molecule has 0 aliphatic carbocycles. The molecule has 0 atom stereocenters. The number of hydrogen-bond acceptors (Lipinski definition) is 3. The monoisotopic (exact) mass is 212 g/mol. The lowest BCUT2D eigenvalue weighted by Crippen LogP contribution is -1.96. The van der Waals surface area contributed by atoms with Gasteiger partial charge in [0.05, 0.1) is 4.47 Å². The fourth-order valence-electron chi connectivity index (χ4n) is 0.518. The molecule has 11 heavy (non-hydrogen) atoms. The van der Waals surface area contributed by atoms with E-state index in [0.29, 0.717) is 10.4 Å². The second-order valence-corrected chi connectivity index (χ2v) is 2.52. The SMILES string of the molecule is C#CCOc1ncncc1Br. The Labute approximate surface area is 72.9 Å². The van der Waals surface area contributed by atoms with Crippen molar-refractivity contribution in [1.29, 1.82) is 0 Å². The molecule has 1 aromatic rings. The predicted molar refractivity (Wildman–Crippen MR) is 44.1 cm³/mol. The molecule has 1 rings (SSSR count). The van der Waals surface area contributed by atoms with Crippen molar-refractivity contribution < 1.29 is 4.74 Å². The highest BCUT2D eigenvalue weighted by Crippen LogP contribution is 2.18. The van der Waals surface area contributed by atoms with Gasteiger partial charge in [0, 0.05) is 6.20 Å². The molecule has 0 aromatic carbocycles. The van der Waals surface area contributed by atoms with Crippen LogP contribution < -0.4 is 4.74 Å². The molecule has 0 radical (unpaired) electrons. The van der Waals surface area contributed by atoms with Crippen LogP contribution in [0.4, 0.5) is 0 Å². The summed E-state index contributed by atoms with van der Waals surface area (Å²) in [6.45, 7) is 0.218. The Bertz CT molecular complexity index is 282. The van der Waals surface area contributed by atoms with Crippen LogP contribution in [0.25, 0.3) is 0 Å². The topological polar surface area (TPSA) is 35.0 Å². The lowest BCUT2D eigenvalue weighted by atomic mass is 10.6. The van der Waals surface area contributed by atoms with Gasteiger partial charge in [-0.2, -0.15) is 0 Å². The fourth-order valence-corrected chi connectivity index (χ4v) is 0.853. The average molecular weight is 213 g/mol. The van der Waals surface area contributed by atoms with Gasteiger partial charge in [0.15, 0.2) is 6.61 Å². The minimum absolute atomic E-state index is 0.218. The van der Waals surface area contributed by atoms with Crippen LogP contribution in [-0.4, -0.2) is 16.6 Å². The first-order valence-electron chi connectivity index (χ1n) is 2.86. The summed E-state index contributed by atoms with van der Waals surface area (Å²) in [5.74, 6) is 2.81. The van der Waals surface area contributed by atoms with E-state index in [9.17, 15) is 0 Å². The minimum atomic E-state index is 0.218. The quantitative estimate of drug-likeness (QED) is 0.693. The summed E-state index contributed by atoms with van der Waals surface area (Å²) in [6, 6.07) is 0. The molecule has 1 aromatic heterocycles. The van der Waals surface area contributed by atoms with Gasteiger partial charge in [-0.25, -0.2) is 9.97 Å². The van der Waals surface area contributed by atoms with Crippen LogP contribution in [0.3, 0.4) is 0 Å². The summed E-state index contributed by atoms with van der Waals surface area (Å²) in [4.78, 5) is 7.60. The van der Waals surface area contributed by atoms with Crippen molar-refractivity contribution in [3.05, 3.63) is 17.0 Å². The number of nitrogens with zero attached hydrogens (tertiary/aromatic N) is 2. The molecule has 0 saturated carbocycles. The van der Waals surface area contributed by atoms with Crippen LogP contribution in [0.2, 0.25) is 0 Å². The third-order valence-corrected chi connectivity index (χ3v) is 1.47. The Kier molecular flexibility index (Phi) is 2.87. The van der Waals surface area contributed by atoms with E-state index in [1.807, 2.05) is 0 Å². The molecule has 1 heterocycles. The molecule has 0 bridgehead atoms. The third kappa shape index (κ3) is 2.20. The summed E-state index contributed by atoms with van der Waals surface area (Å²) in [5.41, 5.74) is 0. The molecule has 0 fully saturated rings. The Morgan fingerprint density at radius 3 is 3.18 bits per heavy atom. The van der Waals surface area contributed by atoms with E-state index in [2.05, 4.69) is 31.8 Å². The third-order valence-electron chi connectivity index (χ3n) is 0.926. The summed E-state index contributed by atoms with van der Waals surface area (Å²) in [6.07, 6.45) is 7.99. The van der Waals surface area contributed by atoms with Gasteiger partial charge in [0.1, 0.15) is 6.33 Å². The summed E-state index contributed by atoms with van der Waals surface area (Å²) >= 11 is 3.21. The Morgan fingerprint density at radius 2 is 2.55 bits per heavy atom. The maximum Gasteiger partial charge on any atom is 0.232 e. The molecule has 0 amide bonds. The highest BCUT2D eigenvalue weighted by Gasteiger charge is 1.98. The second kappa shape index (κ2) is 3.94. The van der Waals surface area contributed by atoms with E-state index in [1.54, 1.807) is 6.20 Å². The van der Waals surface area contributed by atoms with E-state index in [1.165, 1.54) is 6.33 Å². The van der Waals surface area contributed by atoms with Gasteiger partial charge < -0.3 is 4.74 Å². The first kappa shape index (κ1) is 8.02. The van der Waals surface area contributed by atoms with Crippen LogP contribution in [0.1, 0.15) is 0 Å². The predicted octanol–water partition coefficient (Wildman–Crippen LogP) is 1.25. The number of ether oxygens (including phenoxy) is 1. The smallest absolute Gasteiger partial charge is 0.232 e. The van der Waals surface area contributed by atoms with Gasteiger partial charge in [-0.1, -0.05) is 5.92 Å². The van der Waals surface area contributed by atoms with E-state index in [4.69, 9.17) is 11.2 Å². The summed E-state index contributed by atoms with van der Waals surface area (Å²) < 4.78 is 5.76. The Hall–Kier alpha value is -1.08. The molecular formula is C7H5BrN2O. The van der Waals surface area contributed by atoms with Gasteiger partial charge in [-0.05, 0) is 15.9 Å². The van der Waals surface area contributed by atoms with Crippen molar-refractivity contribution in [3.63, 3.8) is 0 Å². The van der Waals surface area contributed by atoms with Crippen LogP contribution >= 0.6 is 15.9 Å². The zero-order chi connectivity index (χ0) is 8.10. The largest absolute Gasteiger partial charge is 0.464 e. The van der Waals surface area contributed by atoms with Crippen molar-refractivity contribution in [2.45, 2.75) is 0 Å². The zero-order valence-electron chi connectivity index (χ0n) is 5.62. The maximum atomic E-state index is 5.05. The Balaban J connectivity index is 2.71. The first-order valence-corrected chi connectivity index (χ1v) is 3.65. The van der Waals surface area contributed by atoms with Crippen LogP contribution in [-0.2, 0) is 0 Å². The molecule has 0 aliphatic heterocycles. The molecular weight excluding hydrogens is 208 g/mol. The summed E-state index contributed by atoms with van der Waals surface area (Å²) in [5, 5.41) is 0. The van der Waals surface area contributed by atoms with Gasteiger partial charge in [0.25, 0.3) is 0 Å². The van der Waals surface area contributed by atoms with E-state index in [-0.39, 0.29) is 6.61 Å². The van der Waals surface area contributed by atoms with Gasteiger partial charge in [0.2, 0.25) is 5.88 Å². The summed E-state index contributed by atoms with van der Waals surface area (Å²) in [7, 11) is 0. The normalized spacial score (nSPS) is 8.73. The van der Waals surface area contributed by atoms with Crippen molar-refractivity contribution in [2.24, 2.45) is 0 Å². The van der Waals surface area contributed by atoms with Crippen LogP contribution in [0.5, 0.6) is 5.88 Å². The zero-order valence-corrected chi connectivity index (χ0v) is 7.21. The number of aromatic nitrogens is 2. The first-order chi connectivity index (χ1) is 5.34. The lowest BCUT2D eigenvalue weighted by molar-refractivity contribution is 0.352. The molecule has 4 heteroatoms. The lowest BCUT2D eigenvalue weighted by Gasteiger charge is -2.00. The Morgan fingerprint density at radius 1 is 1.73 bits per heavy atom. The maximum absolute atomic E-state index is 5.05. The molecule has 0 saturated heterocycles. The van der Waals surface area contributed by atoms with E-state index in [0.717, 1.165) is 0 Å². The number of terminal acetylenes is 1. The minimum Gasteiger partial charge on any atom is -0.464 e. The van der Waals surface area contributed by atoms with Gasteiger partial charge in [-0.3, -0.25) is 0 Å². The van der Waals surface area contributed by atoms with Gasteiger partial charge in [-0.15, -0.1) is 6.42 Å². The molecule has 0 aliphatic rings. The fraction of sp³-hybridized carbons (Fsp3) is 0.143. The van der Waals surface area contributed by atoms with Gasteiger partial charge >= 0.3 is 0 Å². The van der Waals surface area contributed by atoms with E-state index >= 15 is 0 Å². The van der Waals surface area contributed by atoms with Crippen LogP contribution in [0, 0.1) is 12.3 Å². The van der Waals surface area contributed by atoms with Crippen LogP contribution in [0.15, 0.2) is 17.0 Å². The molecule has 0 unspecified atom stereocenters. The van der Waals surface area contributed by atoms with E-state index < -0.39 is 0 Å². The number of rotatable bonds is 2. The van der Waals surface area contributed by atoms with Crippen molar-refractivity contribution >= 4 is 15.9 Å². The number of hydrogen-bond donors (Lipinski definition) is 0. The van der Waals surface area contributed by atoms with Crippen molar-refractivity contribution in [2.75, 3.05) is 6.61 Å². The highest BCUT2D eigenvalue weighted by molar-refractivity contribution is 9.10. The number of halogens is 1. The molecule has 56 valence electrons. The standard InChI is InChI=1S/C7H5BrN2O/c1-2-3-11-7-6(8)4-9-5-10-7/h1,4-5H,3H2. The van der Waals surface area contributed by atoms with Crippen molar-refractivity contribution in [3.8, 4) is 18.2 Å². The highest BCUT2D eigenvalue weighted by atomic mass is 79.9.